The van der Waals surface area contributed by atoms with E-state index < -0.39 is 0 Å². The van der Waals surface area contributed by atoms with E-state index in [1.54, 1.807) is 12.1 Å². The summed E-state index contributed by atoms with van der Waals surface area (Å²) in [6.45, 7) is 1.84. The van der Waals surface area contributed by atoms with Gasteiger partial charge in [0, 0.05) is 0 Å². The summed E-state index contributed by atoms with van der Waals surface area (Å²) in [5.74, 6) is -0.695. The number of aliphatic imine (C=N–C) groups is 1. The number of benzene rings is 2. The normalized spacial score (nSPS) is 17.0. The fourth-order valence-corrected chi connectivity index (χ4v) is 4.15. The molecule has 1 aliphatic rings. The van der Waals surface area contributed by atoms with Gasteiger partial charge in [0.15, 0.2) is 16.7 Å². The smallest absolute Gasteiger partial charge is 0.271 e. The second-order valence-electron chi connectivity index (χ2n) is 5.83. The van der Waals surface area contributed by atoms with Crippen LogP contribution in [-0.2, 0) is 4.79 Å². The second kappa shape index (κ2) is 7.45. The largest absolute Gasteiger partial charge is 0.504 e. The molecule has 0 unspecified atom stereocenters. The maximum absolute atomic E-state index is 13.1. The quantitative estimate of drug-likeness (QED) is 0.499. The standard InChI is InChI=1S/C19H14N4O3S2/c1-11-21-22-18(27-11)20-19-23(13-5-3-2-4-6-13)17(26)16(28-19)10-12-7-8-14(24)15(25)9-12/h2-10,24-25H,1H3/b16-10-,20-19+. The van der Waals surface area contributed by atoms with Crippen LogP contribution in [0, 0.1) is 6.92 Å². The van der Waals surface area contributed by atoms with Crippen LogP contribution in [0.15, 0.2) is 58.4 Å². The molecule has 2 N–H and O–H groups in total. The number of phenolic OH excluding ortho intramolecular Hbond substituents is 2. The van der Waals surface area contributed by atoms with Gasteiger partial charge in [0.25, 0.3) is 5.91 Å². The molecule has 2 aromatic carbocycles. The minimum atomic E-state index is -0.247. The van der Waals surface area contributed by atoms with Crippen molar-refractivity contribution in [2.45, 2.75) is 6.92 Å². The van der Waals surface area contributed by atoms with Crippen LogP contribution in [0.2, 0.25) is 0 Å². The molecule has 1 aromatic heterocycles. The minimum absolute atomic E-state index is 0.215. The highest BCUT2D eigenvalue weighted by molar-refractivity contribution is 8.19. The van der Waals surface area contributed by atoms with Crippen molar-refractivity contribution in [3.8, 4) is 11.5 Å². The molecule has 1 aliphatic heterocycles. The molecule has 0 radical (unpaired) electrons. The van der Waals surface area contributed by atoms with E-state index in [2.05, 4.69) is 15.2 Å². The number of carbonyl (C=O) groups excluding carboxylic acids is 1. The van der Waals surface area contributed by atoms with Gasteiger partial charge in [-0.05, 0) is 54.6 Å². The van der Waals surface area contributed by atoms with Crippen molar-refractivity contribution >= 4 is 51.1 Å². The molecule has 4 rings (SSSR count). The zero-order chi connectivity index (χ0) is 19.7. The summed E-state index contributed by atoms with van der Waals surface area (Å²) < 4.78 is 0. The molecule has 28 heavy (non-hydrogen) atoms. The van der Waals surface area contributed by atoms with Gasteiger partial charge in [0.2, 0.25) is 5.13 Å². The Morgan fingerprint density at radius 2 is 1.86 bits per heavy atom. The molecule has 3 aromatic rings. The molecule has 0 bridgehead atoms. The predicted molar refractivity (Wildman–Crippen MR) is 111 cm³/mol. The van der Waals surface area contributed by atoms with Gasteiger partial charge >= 0.3 is 0 Å². The Bertz CT molecular complexity index is 1110. The van der Waals surface area contributed by atoms with Crippen molar-refractivity contribution in [3.05, 3.63) is 64.0 Å². The summed E-state index contributed by atoms with van der Waals surface area (Å²) in [4.78, 5) is 19.5. The number of nitrogens with zero attached hydrogens (tertiary/aromatic N) is 4. The fraction of sp³-hybridized carbons (Fsp3) is 0.0526. The van der Waals surface area contributed by atoms with Gasteiger partial charge < -0.3 is 10.2 Å². The lowest BCUT2D eigenvalue weighted by Crippen LogP contribution is -2.28. The number of amides is 1. The number of aromatic hydroxyl groups is 2. The lowest BCUT2D eigenvalue weighted by molar-refractivity contribution is -0.113. The number of carbonyl (C=O) groups is 1. The van der Waals surface area contributed by atoms with E-state index in [4.69, 9.17) is 0 Å². The summed E-state index contributed by atoms with van der Waals surface area (Å²) in [5.41, 5.74) is 1.28. The van der Waals surface area contributed by atoms with Crippen LogP contribution in [-0.4, -0.2) is 31.5 Å². The summed E-state index contributed by atoms with van der Waals surface area (Å²) >= 11 is 2.55. The number of hydrogen-bond acceptors (Lipinski definition) is 8. The Balaban J connectivity index is 1.76. The zero-order valence-electron chi connectivity index (χ0n) is 14.6. The number of aromatic nitrogens is 2. The van der Waals surface area contributed by atoms with Crippen molar-refractivity contribution in [1.29, 1.82) is 0 Å². The van der Waals surface area contributed by atoms with Crippen LogP contribution < -0.4 is 4.90 Å². The van der Waals surface area contributed by atoms with Crippen molar-refractivity contribution in [1.82, 2.24) is 10.2 Å². The van der Waals surface area contributed by atoms with Crippen LogP contribution in [0.3, 0.4) is 0 Å². The van der Waals surface area contributed by atoms with Gasteiger partial charge in [-0.25, -0.2) is 0 Å². The molecule has 1 amide bonds. The highest BCUT2D eigenvalue weighted by Gasteiger charge is 2.35. The van der Waals surface area contributed by atoms with Crippen LogP contribution in [0.5, 0.6) is 11.5 Å². The van der Waals surface area contributed by atoms with Gasteiger partial charge in [0.1, 0.15) is 5.01 Å². The first-order chi connectivity index (χ1) is 13.5. The summed E-state index contributed by atoms with van der Waals surface area (Å²) in [5, 5.41) is 28.9. The number of hydrogen-bond donors (Lipinski definition) is 2. The molecule has 140 valence electrons. The van der Waals surface area contributed by atoms with Gasteiger partial charge in [0.05, 0.1) is 10.6 Å². The Labute approximate surface area is 168 Å². The Hall–Kier alpha value is -3.17. The van der Waals surface area contributed by atoms with Crippen molar-refractivity contribution in [2.24, 2.45) is 4.99 Å². The van der Waals surface area contributed by atoms with E-state index in [0.717, 1.165) is 5.01 Å². The predicted octanol–water partition coefficient (Wildman–Crippen LogP) is 4.07. The molecule has 0 saturated carbocycles. The third-order valence-electron chi connectivity index (χ3n) is 3.82. The molecule has 7 nitrogen and oxygen atoms in total. The summed E-state index contributed by atoms with van der Waals surface area (Å²) in [6, 6.07) is 13.6. The monoisotopic (exact) mass is 410 g/mol. The first-order valence-electron chi connectivity index (χ1n) is 8.21. The summed E-state index contributed by atoms with van der Waals surface area (Å²) in [7, 11) is 0. The van der Waals surface area contributed by atoms with Crippen LogP contribution in [0.1, 0.15) is 10.6 Å². The molecule has 0 aliphatic carbocycles. The SMILES string of the molecule is Cc1nnc(/N=C2/S/C(=C\c3ccc(O)c(O)c3)C(=O)N2c2ccccc2)s1. The first kappa shape index (κ1) is 18.2. The van der Waals surface area contributed by atoms with Crippen molar-refractivity contribution in [3.63, 3.8) is 0 Å². The molecule has 0 atom stereocenters. The number of anilines is 1. The number of rotatable bonds is 3. The molecular weight excluding hydrogens is 396 g/mol. The Morgan fingerprint density at radius 1 is 1.07 bits per heavy atom. The van der Waals surface area contributed by atoms with Gasteiger partial charge in [-0.2, -0.15) is 4.99 Å². The van der Waals surface area contributed by atoms with E-state index in [1.165, 1.54) is 40.1 Å². The number of thioether (sulfide) groups is 1. The third-order valence-corrected chi connectivity index (χ3v) is 5.53. The molecule has 1 saturated heterocycles. The maximum atomic E-state index is 13.1. The van der Waals surface area contributed by atoms with Gasteiger partial charge in [-0.3, -0.25) is 9.69 Å². The number of para-hydroxylation sites is 1. The van der Waals surface area contributed by atoms with Gasteiger partial charge in [-0.15, -0.1) is 10.2 Å². The first-order valence-corrected chi connectivity index (χ1v) is 9.84. The van der Waals surface area contributed by atoms with Crippen LogP contribution in [0.4, 0.5) is 10.8 Å². The molecular formula is C19H14N4O3S2. The Morgan fingerprint density at radius 3 is 2.54 bits per heavy atom. The van der Waals surface area contributed by atoms with Crippen molar-refractivity contribution in [2.75, 3.05) is 4.90 Å². The summed E-state index contributed by atoms with van der Waals surface area (Å²) in [6.07, 6.45) is 1.65. The van der Waals surface area contributed by atoms with Crippen LogP contribution >= 0.6 is 23.1 Å². The zero-order valence-corrected chi connectivity index (χ0v) is 16.2. The van der Waals surface area contributed by atoms with E-state index in [1.807, 2.05) is 37.3 Å². The Kier molecular flexibility index (Phi) is 4.84. The van der Waals surface area contributed by atoms with E-state index in [9.17, 15) is 15.0 Å². The number of phenols is 2. The molecule has 0 spiro atoms. The number of amidine groups is 1. The lowest BCUT2D eigenvalue weighted by Gasteiger charge is -2.14. The van der Waals surface area contributed by atoms with Crippen LogP contribution in [0.25, 0.3) is 6.08 Å². The fourth-order valence-electron chi connectivity index (χ4n) is 2.55. The second-order valence-corrected chi connectivity index (χ2v) is 8.00. The lowest BCUT2D eigenvalue weighted by atomic mass is 10.2. The minimum Gasteiger partial charge on any atom is -0.504 e. The number of aryl methyl sites for hydroxylation is 1. The van der Waals surface area contributed by atoms with E-state index in [-0.39, 0.29) is 17.4 Å². The molecule has 9 heteroatoms. The van der Waals surface area contributed by atoms with E-state index in [0.29, 0.717) is 26.5 Å². The molecule has 1 fully saturated rings. The topological polar surface area (TPSA) is 98.9 Å². The average Bonchev–Trinajstić information content (AvgIpc) is 3.22. The molecule has 2 heterocycles. The average molecular weight is 410 g/mol. The maximum Gasteiger partial charge on any atom is 0.271 e. The van der Waals surface area contributed by atoms with Gasteiger partial charge in [-0.1, -0.05) is 35.6 Å². The highest BCUT2D eigenvalue weighted by Crippen LogP contribution is 2.38. The third kappa shape index (κ3) is 3.62. The van der Waals surface area contributed by atoms with E-state index >= 15 is 0 Å². The van der Waals surface area contributed by atoms with Crippen molar-refractivity contribution < 1.29 is 15.0 Å². The highest BCUT2D eigenvalue weighted by atomic mass is 32.2.